The topological polar surface area (TPSA) is 95.7 Å². The number of hydrogen-bond donors (Lipinski definition) is 0. The van der Waals surface area contributed by atoms with Crippen LogP contribution in [0.1, 0.15) is 10.4 Å². The molecule has 0 radical (unpaired) electrons. The van der Waals surface area contributed by atoms with Gasteiger partial charge in [0.15, 0.2) is 0 Å². The van der Waals surface area contributed by atoms with Crippen molar-refractivity contribution in [1.29, 1.82) is 0 Å². The molecule has 1 aromatic carbocycles. The van der Waals surface area contributed by atoms with Crippen molar-refractivity contribution in [3.63, 3.8) is 0 Å². The number of rotatable bonds is 6. The van der Waals surface area contributed by atoms with Gasteiger partial charge in [0, 0.05) is 12.1 Å². The van der Waals surface area contributed by atoms with Gasteiger partial charge in [-0.2, -0.15) is 0 Å². The van der Waals surface area contributed by atoms with E-state index in [0.29, 0.717) is 0 Å². The van der Waals surface area contributed by atoms with E-state index in [4.69, 9.17) is 4.74 Å². The van der Waals surface area contributed by atoms with Crippen LogP contribution < -0.4 is 0 Å². The van der Waals surface area contributed by atoms with Crippen molar-refractivity contribution in [2.24, 2.45) is 0 Å². The van der Waals surface area contributed by atoms with Crippen molar-refractivity contribution >= 4 is 17.6 Å². The van der Waals surface area contributed by atoms with Crippen molar-refractivity contribution in [1.82, 2.24) is 0 Å². The highest BCUT2D eigenvalue weighted by atomic mass is 16.6. The molecule has 0 aliphatic rings. The number of carbonyl (C=O) groups is 2. The van der Waals surface area contributed by atoms with Gasteiger partial charge in [-0.05, 0) is 18.2 Å². The van der Waals surface area contributed by atoms with E-state index in [0.717, 1.165) is 0 Å². The minimum Gasteiger partial charge on any atom is -0.466 e. The largest absolute Gasteiger partial charge is 0.466 e. The molecule has 0 aromatic heterocycles. The quantitative estimate of drug-likeness (QED) is 0.261. The number of ether oxygens (including phenoxy) is 2. The standard InChI is InChI=1S/C14H13NO6/c1-3-4-11(13(16)20-2)9-21-14(17)10-5-7-12(8-6-10)15(18)19/h3-8H,1,9H2,2H3/b11-4+. The van der Waals surface area contributed by atoms with Crippen LogP contribution in [0.15, 0.2) is 48.6 Å². The summed E-state index contributed by atoms with van der Waals surface area (Å²) in [5, 5.41) is 10.5. The summed E-state index contributed by atoms with van der Waals surface area (Å²) < 4.78 is 9.46. The molecule has 1 aromatic rings. The van der Waals surface area contributed by atoms with Crippen LogP contribution in [-0.2, 0) is 14.3 Å². The zero-order valence-corrected chi connectivity index (χ0v) is 11.3. The summed E-state index contributed by atoms with van der Waals surface area (Å²) in [5.41, 5.74) is 0.138. The molecule has 0 fully saturated rings. The molecule has 0 saturated carbocycles. The van der Waals surface area contributed by atoms with Gasteiger partial charge in [-0.25, -0.2) is 9.59 Å². The molecular formula is C14H13NO6. The van der Waals surface area contributed by atoms with Crippen molar-refractivity contribution in [3.8, 4) is 0 Å². The minimum absolute atomic E-state index is 0.128. The van der Waals surface area contributed by atoms with Gasteiger partial charge in [0.25, 0.3) is 5.69 Å². The maximum Gasteiger partial charge on any atom is 0.338 e. The Balaban J connectivity index is 2.72. The lowest BCUT2D eigenvalue weighted by molar-refractivity contribution is -0.384. The molecule has 110 valence electrons. The van der Waals surface area contributed by atoms with Gasteiger partial charge in [-0.1, -0.05) is 12.7 Å². The Morgan fingerprint density at radius 1 is 1.33 bits per heavy atom. The number of methoxy groups -OCH3 is 1. The molecule has 0 spiro atoms. The number of nitro groups is 1. The monoisotopic (exact) mass is 291 g/mol. The highest BCUT2D eigenvalue weighted by Crippen LogP contribution is 2.13. The Kier molecular flexibility index (Phi) is 5.81. The lowest BCUT2D eigenvalue weighted by atomic mass is 10.2. The van der Waals surface area contributed by atoms with Crippen molar-refractivity contribution in [2.45, 2.75) is 0 Å². The average molecular weight is 291 g/mol. The molecule has 0 atom stereocenters. The van der Waals surface area contributed by atoms with Gasteiger partial charge in [0.2, 0.25) is 0 Å². The predicted molar refractivity (Wildman–Crippen MR) is 73.7 cm³/mol. The third kappa shape index (κ3) is 4.57. The Bertz CT molecular complexity index is 588. The van der Waals surface area contributed by atoms with E-state index >= 15 is 0 Å². The number of hydrogen-bond acceptors (Lipinski definition) is 6. The molecule has 0 heterocycles. The molecule has 0 amide bonds. The van der Waals surface area contributed by atoms with Crippen molar-refractivity contribution in [2.75, 3.05) is 13.7 Å². The molecule has 0 aliphatic carbocycles. The molecule has 0 bridgehead atoms. The summed E-state index contributed by atoms with van der Waals surface area (Å²) in [6.07, 6.45) is 2.74. The third-order valence-corrected chi connectivity index (χ3v) is 2.44. The lowest BCUT2D eigenvalue weighted by Crippen LogP contribution is -2.14. The van der Waals surface area contributed by atoms with Crippen LogP contribution in [0.3, 0.4) is 0 Å². The predicted octanol–water partition coefficient (Wildman–Crippen LogP) is 2.04. The number of nitrogens with zero attached hydrogens (tertiary/aromatic N) is 1. The fraction of sp³-hybridized carbons (Fsp3) is 0.143. The number of benzene rings is 1. The Hall–Kier alpha value is -2.96. The first kappa shape index (κ1) is 16.1. The van der Waals surface area contributed by atoms with Crippen LogP contribution in [0, 0.1) is 10.1 Å². The van der Waals surface area contributed by atoms with Crippen LogP contribution in [0.4, 0.5) is 5.69 Å². The Morgan fingerprint density at radius 2 is 1.95 bits per heavy atom. The first-order valence-corrected chi connectivity index (χ1v) is 5.81. The SMILES string of the molecule is C=C/C=C(\COC(=O)c1ccc([N+](=O)[O-])cc1)C(=O)OC. The molecule has 7 heteroatoms. The molecule has 7 nitrogen and oxygen atoms in total. The summed E-state index contributed by atoms with van der Waals surface area (Å²) in [6.45, 7) is 3.16. The highest BCUT2D eigenvalue weighted by molar-refractivity contribution is 5.92. The number of non-ortho nitro benzene ring substituents is 1. The molecule has 21 heavy (non-hydrogen) atoms. The van der Waals surface area contributed by atoms with Gasteiger partial charge in [0.05, 0.1) is 23.2 Å². The summed E-state index contributed by atoms with van der Waals surface area (Å²) in [4.78, 5) is 33.0. The molecule has 1 rings (SSSR count). The summed E-state index contributed by atoms with van der Waals surface area (Å²) >= 11 is 0. The molecule has 0 unspecified atom stereocenters. The van der Waals surface area contributed by atoms with Gasteiger partial charge in [-0.15, -0.1) is 0 Å². The van der Waals surface area contributed by atoms with Gasteiger partial charge in [0.1, 0.15) is 6.61 Å². The molecule has 0 N–H and O–H groups in total. The molecular weight excluding hydrogens is 278 g/mol. The Morgan fingerprint density at radius 3 is 2.43 bits per heavy atom. The smallest absolute Gasteiger partial charge is 0.338 e. The lowest BCUT2D eigenvalue weighted by Gasteiger charge is -2.06. The summed E-state index contributed by atoms with van der Waals surface area (Å²) in [5.74, 6) is -1.34. The zero-order valence-electron chi connectivity index (χ0n) is 11.3. The first-order valence-electron chi connectivity index (χ1n) is 5.81. The van der Waals surface area contributed by atoms with E-state index < -0.39 is 16.9 Å². The van der Waals surface area contributed by atoms with Crippen LogP contribution in [0.25, 0.3) is 0 Å². The van der Waals surface area contributed by atoms with E-state index in [-0.39, 0.29) is 23.4 Å². The first-order chi connectivity index (χ1) is 9.99. The van der Waals surface area contributed by atoms with Gasteiger partial charge in [-0.3, -0.25) is 10.1 Å². The van der Waals surface area contributed by atoms with Crippen molar-refractivity contribution in [3.05, 3.63) is 64.2 Å². The minimum atomic E-state index is -0.705. The summed E-state index contributed by atoms with van der Waals surface area (Å²) in [6, 6.07) is 4.93. The zero-order chi connectivity index (χ0) is 15.8. The van der Waals surface area contributed by atoms with E-state index in [1.165, 1.54) is 43.5 Å². The second-order valence-electron chi connectivity index (χ2n) is 3.80. The number of esters is 2. The third-order valence-electron chi connectivity index (χ3n) is 2.44. The fourth-order valence-electron chi connectivity index (χ4n) is 1.39. The second kappa shape index (κ2) is 7.59. The number of allylic oxidation sites excluding steroid dienone is 2. The maximum absolute atomic E-state index is 11.7. The highest BCUT2D eigenvalue weighted by Gasteiger charge is 2.14. The number of carbonyl (C=O) groups excluding carboxylic acids is 2. The number of nitro benzene ring substituents is 1. The van der Waals surface area contributed by atoms with Crippen LogP contribution in [0.5, 0.6) is 0 Å². The van der Waals surface area contributed by atoms with E-state index in [1.807, 2.05) is 0 Å². The van der Waals surface area contributed by atoms with Crippen LogP contribution >= 0.6 is 0 Å². The van der Waals surface area contributed by atoms with Crippen molar-refractivity contribution < 1.29 is 24.0 Å². The summed E-state index contributed by atoms with van der Waals surface area (Å²) in [7, 11) is 1.21. The van der Waals surface area contributed by atoms with Gasteiger partial charge < -0.3 is 9.47 Å². The van der Waals surface area contributed by atoms with E-state index in [1.54, 1.807) is 0 Å². The molecule has 0 saturated heterocycles. The normalized spacial score (nSPS) is 10.6. The van der Waals surface area contributed by atoms with E-state index in [9.17, 15) is 19.7 Å². The second-order valence-corrected chi connectivity index (χ2v) is 3.80. The Labute approximate surface area is 120 Å². The van der Waals surface area contributed by atoms with Gasteiger partial charge >= 0.3 is 11.9 Å². The van der Waals surface area contributed by atoms with Crippen LogP contribution in [-0.4, -0.2) is 30.6 Å². The molecule has 0 aliphatic heterocycles. The van der Waals surface area contributed by atoms with Crippen LogP contribution in [0.2, 0.25) is 0 Å². The average Bonchev–Trinajstić information content (AvgIpc) is 2.50. The van der Waals surface area contributed by atoms with E-state index in [2.05, 4.69) is 11.3 Å². The fourth-order valence-corrected chi connectivity index (χ4v) is 1.39. The maximum atomic E-state index is 11.7.